The minimum atomic E-state index is 0.433. The predicted molar refractivity (Wildman–Crippen MR) is 101 cm³/mol. The molecule has 0 aromatic heterocycles. The van der Waals surface area contributed by atoms with Gasteiger partial charge >= 0.3 is 0 Å². The van der Waals surface area contributed by atoms with Crippen LogP contribution in [0.4, 0.5) is 0 Å². The zero-order valence-corrected chi connectivity index (χ0v) is 15.7. The standard InChI is InChI=1S/C19H32N4O/c1-6-20-19(21-11-16-9-7-8-10-18(16)24-5)22-17-13-23(14(2)3)12-15(17)4/h7-10,14-15,17H,6,11-13H2,1-5H3,(H2,20,21,22). The van der Waals surface area contributed by atoms with Crippen molar-refractivity contribution in [1.82, 2.24) is 15.5 Å². The molecule has 5 nitrogen and oxygen atoms in total. The van der Waals surface area contributed by atoms with Crippen molar-refractivity contribution >= 4 is 5.96 Å². The summed E-state index contributed by atoms with van der Waals surface area (Å²) in [4.78, 5) is 7.28. The van der Waals surface area contributed by atoms with E-state index < -0.39 is 0 Å². The number of rotatable bonds is 6. The lowest BCUT2D eigenvalue weighted by molar-refractivity contribution is 0.265. The van der Waals surface area contributed by atoms with Gasteiger partial charge in [-0.1, -0.05) is 25.1 Å². The summed E-state index contributed by atoms with van der Waals surface area (Å²) in [6, 6.07) is 9.06. The van der Waals surface area contributed by atoms with Crippen molar-refractivity contribution in [3.05, 3.63) is 29.8 Å². The van der Waals surface area contributed by atoms with E-state index in [0.717, 1.165) is 36.9 Å². The number of guanidine groups is 1. The number of aliphatic imine (C=N–C) groups is 1. The molecule has 1 aliphatic rings. The van der Waals surface area contributed by atoms with Crippen molar-refractivity contribution < 1.29 is 4.74 Å². The van der Waals surface area contributed by atoms with Crippen LogP contribution in [0, 0.1) is 5.92 Å². The smallest absolute Gasteiger partial charge is 0.191 e. The Morgan fingerprint density at radius 1 is 1.33 bits per heavy atom. The van der Waals surface area contributed by atoms with Crippen LogP contribution in [-0.2, 0) is 6.54 Å². The number of methoxy groups -OCH3 is 1. The quantitative estimate of drug-likeness (QED) is 0.621. The summed E-state index contributed by atoms with van der Waals surface area (Å²) in [5.41, 5.74) is 1.10. The molecule has 134 valence electrons. The van der Waals surface area contributed by atoms with Gasteiger partial charge in [-0.2, -0.15) is 0 Å². The lowest BCUT2D eigenvalue weighted by Gasteiger charge is -2.22. The van der Waals surface area contributed by atoms with Gasteiger partial charge in [0.2, 0.25) is 0 Å². The third-order valence-corrected chi connectivity index (χ3v) is 4.64. The van der Waals surface area contributed by atoms with Crippen molar-refractivity contribution in [1.29, 1.82) is 0 Å². The molecule has 24 heavy (non-hydrogen) atoms. The molecule has 1 fully saturated rings. The molecule has 0 radical (unpaired) electrons. The molecule has 1 aromatic carbocycles. The van der Waals surface area contributed by atoms with Gasteiger partial charge in [0.15, 0.2) is 5.96 Å². The molecule has 2 unspecified atom stereocenters. The first kappa shape index (κ1) is 18.6. The van der Waals surface area contributed by atoms with Crippen molar-refractivity contribution in [2.75, 3.05) is 26.7 Å². The third-order valence-electron chi connectivity index (χ3n) is 4.64. The molecule has 2 atom stereocenters. The molecule has 1 heterocycles. The maximum atomic E-state index is 5.41. The van der Waals surface area contributed by atoms with Crippen LogP contribution in [-0.4, -0.2) is 49.7 Å². The lowest BCUT2D eigenvalue weighted by Crippen LogP contribution is -2.46. The zero-order valence-electron chi connectivity index (χ0n) is 15.7. The van der Waals surface area contributed by atoms with Crippen LogP contribution in [0.15, 0.2) is 29.3 Å². The first-order chi connectivity index (χ1) is 11.5. The highest BCUT2D eigenvalue weighted by Crippen LogP contribution is 2.19. The fourth-order valence-corrected chi connectivity index (χ4v) is 3.11. The number of nitrogens with one attached hydrogen (secondary N) is 2. The van der Waals surface area contributed by atoms with Crippen LogP contribution in [0.2, 0.25) is 0 Å². The molecule has 2 rings (SSSR count). The molecular weight excluding hydrogens is 300 g/mol. The number of para-hydroxylation sites is 1. The maximum Gasteiger partial charge on any atom is 0.191 e. The van der Waals surface area contributed by atoms with E-state index in [9.17, 15) is 0 Å². The van der Waals surface area contributed by atoms with Crippen molar-refractivity contribution in [2.45, 2.75) is 46.3 Å². The Balaban J connectivity index is 2.03. The summed E-state index contributed by atoms with van der Waals surface area (Å²) < 4.78 is 5.41. The van der Waals surface area contributed by atoms with Crippen molar-refractivity contribution in [3.8, 4) is 5.75 Å². The fraction of sp³-hybridized carbons (Fsp3) is 0.632. The summed E-state index contributed by atoms with van der Waals surface area (Å²) >= 11 is 0. The van der Waals surface area contributed by atoms with E-state index >= 15 is 0 Å². The van der Waals surface area contributed by atoms with E-state index in [1.165, 1.54) is 0 Å². The minimum Gasteiger partial charge on any atom is -0.496 e. The summed E-state index contributed by atoms with van der Waals surface area (Å²) in [6.45, 7) is 12.6. The molecule has 0 amide bonds. The van der Waals surface area contributed by atoms with E-state index in [1.807, 2.05) is 18.2 Å². The number of likely N-dealkylation sites (tertiary alicyclic amines) is 1. The van der Waals surface area contributed by atoms with Crippen LogP contribution >= 0.6 is 0 Å². The van der Waals surface area contributed by atoms with Gasteiger partial charge in [0.25, 0.3) is 0 Å². The third kappa shape index (κ3) is 4.87. The molecule has 5 heteroatoms. The van der Waals surface area contributed by atoms with Crippen LogP contribution in [0.25, 0.3) is 0 Å². The van der Waals surface area contributed by atoms with Gasteiger partial charge in [0.1, 0.15) is 5.75 Å². The number of ether oxygens (including phenoxy) is 1. The minimum absolute atomic E-state index is 0.433. The second-order valence-electron chi connectivity index (χ2n) is 6.78. The number of benzene rings is 1. The van der Waals surface area contributed by atoms with Crippen LogP contribution < -0.4 is 15.4 Å². The Morgan fingerprint density at radius 3 is 2.71 bits per heavy atom. The first-order valence-corrected chi connectivity index (χ1v) is 8.95. The molecule has 1 aliphatic heterocycles. The van der Waals surface area contributed by atoms with Crippen molar-refractivity contribution in [3.63, 3.8) is 0 Å². The predicted octanol–water partition coefficient (Wildman–Crippen LogP) is 2.48. The van der Waals surface area contributed by atoms with E-state index in [1.54, 1.807) is 7.11 Å². The highest BCUT2D eigenvalue weighted by Gasteiger charge is 2.31. The normalized spacial score (nSPS) is 22.0. The Kier molecular flexibility index (Phi) is 6.91. The summed E-state index contributed by atoms with van der Waals surface area (Å²) in [7, 11) is 1.70. The monoisotopic (exact) mass is 332 g/mol. The van der Waals surface area contributed by atoms with Gasteiger partial charge in [-0.05, 0) is 32.8 Å². The molecular formula is C19H32N4O. The zero-order chi connectivity index (χ0) is 17.5. The van der Waals surface area contributed by atoms with Gasteiger partial charge in [-0.15, -0.1) is 0 Å². The van der Waals surface area contributed by atoms with E-state index in [0.29, 0.717) is 24.5 Å². The molecule has 0 spiro atoms. The second-order valence-corrected chi connectivity index (χ2v) is 6.78. The molecule has 0 aliphatic carbocycles. The van der Waals surface area contributed by atoms with Gasteiger partial charge in [-0.3, -0.25) is 4.90 Å². The topological polar surface area (TPSA) is 48.9 Å². The first-order valence-electron chi connectivity index (χ1n) is 8.95. The van der Waals surface area contributed by atoms with Gasteiger partial charge < -0.3 is 15.4 Å². The Hall–Kier alpha value is -1.75. The molecule has 1 saturated heterocycles. The highest BCUT2D eigenvalue weighted by molar-refractivity contribution is 5.80. The van der Waals surface area contributed by atoms with Gasteiger partial charge in [0.05, 0.1) is 13.7 Å². The lowest BCUT2D eigenvalue weighted by atomic mass is 10.1. The number of hydrogen-bond acceptors (Lipinski definition) is 3. The number of hydrogen-bond donors (Lipinski definition) is 2. The summed E-state index contributed by atoms with van der Waals surface area (Å²) in [5, 5.41) is 6.98. The number of nitrogens with zero attached hydrogens (tertiary/aromatic N) is 2. The van der Waals surface area contributed by atoms with Crippen LogP contribution in [0.3, 0.4) is 0 Å². The van der Waals surface area contributed by atoms with Gasteiger partial charge in [-0.25, -0.2) is 4.99 Å². The van der Waals surface area contributed by atoms with Crippen LogP contribution in [0.1, 0.15) is 33.3 Å². The van der Waals surface area contributed by atoms with E-state index in [-0.39, 0.29) is 0 Å². The largest absolute Gasteiger partial charge is 0.496 e. The van der Waals surface area contributed by atoms with E-state index in [2.05, 4.69) is 49.3 Å². The summed E-state index contributed by atoms with van der Waals surface area (Å²) in [6.07, 6.45) is 0. The van der Waals surface area contributed by atoms with Gasteiger partial charge in [0, 0.05) is 37.3 Å². The molecule has 0 saturated carbocycles. The Labute approximate surface area is 146 Å². The summed E-state index contributed by atoms with van der Waals surface area (Å²) in [5.74, 6) is 2.38. The molecule has 1 aromatic rings. The van der Waals surface area contributed by atoms with Crippen LogP contribution in [0.5, 0.6) is 5.75 Å². The Morgan fingerprint density at radius 2 is 2.08 bits per heavy atom. The molecule has 2 N–H and O–H groups in total. The fourth-order valence-electron chi connectivity index (χ4n) is 3.11. The SMILES string of the molecule is CCNC(=NCc1ccccc1OC)NC1CN(C(C)C)CC1C. The maximum absolute atomic E-state index is 5.41. The van der Waals surface area contributed by atoms with E-state index in [4.69, 9.17) is 9.73 Å². The Bertz CT molecular complexity index is 544. The highest BCUT2D eigenvalue weighted by atomic mass is 16.5. The molecule has 0 bridgehead atoms. The average molecular weight is 332 g/mol. The second kappa shape index (κ2) is 8.92. The van der Waals surface area contributed by atoms with Crippen molar-refractivity contribution in [2.24, 2.45) is 10.9 Å². The average Bonchev–Trinajstić information content (AvgIpc) is 2.94.